The van der Waals surface area contributed by atoms with Crippen LogP contribution in [-0.2, 0) is 0 Å². The number of benzene rings is 2. The number of aromatic hydroxyl groups is 1. The minimum atomic E-state index is 0.271. The molecule has 1 N–H and O–H groups in total. The maximum Gasteiger partial charge on any atom is 0.141 e. The summed E-state index contributed by atoms with van der Waals surface area (Å²) in [5.41, 5.74) is 3.40. The molecule has 0 spiro atoms. The van der Waals surface area contributed by atoms with Gasteiger partial charge in [-0.1, -0.05) is 23.7 Å². The van der Waals surface area contributed by atoms with Crippen molar-refractivity contribution in [2.45, 2.75) is 6.92 Å². The number of rotatable bonds is 1. The van der Waals surface area contributed by atoms with Crippen LogP contribution in [-0.4, -0.2) is 5.11 Å². The first kappa shape index (κ1) is 11.2. The van der Waals surface area contributed by atoms with Gasteiger partial charge in [-0.05, 0) is 42.3 Å². The van der Waals surface area contributed by atoms with Gasteiger partial charge in [-0.3, -0.25) is 0 Å². The van der Waals surface area contributed by atoms with Crippen molar-refractivity contribution in [2.75, 3.05) is 0 Å². The molecule has 0 aliphatic heterocycles. The summed E-state index contributed by atoms with van der Waals surface area (Å²) in [5, 5.41) is 11.4. The van der Waals surface area contributed by atoms with Gasteiger partial charge < -0.3 is 9.52 Å². The van der Waals surface area contributed by atoms with Crippen LogP contribution in [0, 0.1) is 6.92 Å². The van der Waals surface area contributed by atoms with Crippen molar-refractivity contribution in [1.29, 1.82) is 0 Å². The second-order valence-corrected chi connectivity index (χ2v) is 4.73. The van der Waals surface area contributed by atoms with Crippen molar-refractivity contribution in [1.82, 2.24) is 0 Å². The van der Waals surface area contributed by atoms with E-state index in [0.717, 1.165) is 27.7 Å². The molecular formula is C15H11ClO2. The Kier molecular flexibility index (Phi) is 2.53. The summed E-state index contributed by atoms with van der Waals surface area (Å²) in [7, 11) is 0. The molecule has 0 atom stereocenters. The predicted octanol–water partition coefficient (Wildman–Crippen LogP) is 4.77. The Morgan fingerprint density at radius 1 is 1.11 bits per heavy atom. The predicted molar refractivity (Wildman–Crippen MR) is 73.1 cm³/mol. The lowest BCUT2D eigenvalue weighted by atomic mass is 10.0. The van der Waals surface area contributed by atoms with Gasteiger partial charge in [0.2, 0.25) is 0 Å². The maximum atomic E-state index is 9.79. The molecular weight excluding hydrogens is 248 g/mol. The summed E-state index contributed by atoms with van der Waals surface area (Å²) >= 11 is 6.10. The van der Waals surface area contributed by atoms with Crippen molar-refractivity contribution in [2.24, 2.45) is 0 Å². The SMILES string of the molecule is Cc1ccc(-c2cc(Cl)cc3ccoc23)cc1O. The van der Waals surface area contributed by atoms with Crippen molar-refractivity contribution >= 4 is 22.6 Å². The molecule has 3 rings (SSSR count). The number of hydrogen-bond donors (Lipinski definition) is 1. The second kappa shape index (κ2) is 4.07. The summed E-state index contributed by atoms with van der Waals surface area (Å²) < 4.78 is 5.49. The molecule has 0 saturated carbocycles. The highest BCUT2D eigenvalue weighted by Crippen LogP contribution is 2.34. The van der Waals surface area contributed by atoms with Gasteiger partial charge in [0.25, 0.3) is 0 Å². The van der Waals surface area contributed by atoms with E-state index in [1.807, 2.05) is 37.3 Å². The molecule has 1 aromatic heterocycles. The molecule has 0 amide bonds. The van der Waals surface area contributed by atoms with Crippen LogP contribution in [0.15, 0.2) is 47.1 Å². The molecule has 90 valence electrons. The van der Waals surface area contributed by atoms with Crippen LogP contribution in [0.2, 0.25) is 5.02 Å². The van der Waals surface area contributed by atoms with Gasteiger partial charge >= 0.3 is 0 Å². The third kappa shape index (κ3) is 1.75. The molecule has 1 heterocycles. The highest BCUT2D eigenvalue weighted by Gasteiger charge is 2.10. The zero-order valence-electron chi connectivity index (χ0n) is 9.77. The smallest absolute Gasteiger partial charge is 0.141 e. The summed E-state index contributed by atoms with van der Waals surface area (Å²) in [5.74, 6) is 0.271. The Labute approximate surface area is 109 Å². The molecule has 0 aliphatic carbocycles. The van der Waals surface area contributed by atoms with Crippen LogP contribution < -0.4 is 0 Å². The summed E-state index contributed by atoms with van der Waals surface area (Å²) in [6, 6.07) is 11.1. The van der Waals surface area contributed by atoms with Gasteiger partial charge in [0.05, 0.1) is 6.26 Å². The van der Waals surface area contributed by atoms with E-state index in [-0.39, 0.29) is 5.75 Å². The van der Waals surface area contributed by atoms with E-state index in [2.05, 4.69) is 0 Å². The first-order valence-electron chi connectivity index (χ1n) is 5.62. The molecule has 0 fully saturated rings. The van der Waals surface area contributed by atoms with E-state index in [1.54, 1.807) is 12.3 Å². The van der Waals surface area contributed by atoms with Gasteiger partial charge in [0, 0.05) is 16.0 Å². The van der Waals surface area contributed by atoms with E-state index >= 15 is 0 Å². The van der Waals surface area contributed by atoms with Gasteiger partial charge in [0.1, 0.15) is 11.3 Å². The minimum absolute atomic E-state index is 0.271. The third-order valence-corrected chi connectivity index (χ3v) is 3.25. The van der Waals surface area contributed by atoms with Crippen LogP contribution in [0.4, 0.5) is 0 Å². The Morgan fingerprint density at radius 2 is 1.94 bits per heavy atom. The fraction of sp³-hybridized carbons (Fsp3) is 0.0667. The topological polar surface area (TPSA) is 33.4 Å². The molecule has 0 aliphatic rings. The number of halogens is 1. The molecule has 18 heavy (non-hydrogen) atoms. The van der Waals surface area contributed by atoms with E-state index in [1.165, 1.54) is 0 Å². The van der Waals surface area contributed by atoms with Crippen molar-refractivity contribution in [3.05, 3.63) is 53.2 Å². The van der Waals surface area contributed by atoms with E-state index in [0.29, 0.717) is 5.02 Å². The second-order valence-electron chi connectivity index (χ2n) is 4.29. The molecule has 3 aromatic rings. The van der Waals surface area contributed by atoms with E-state index in [9.17, 15) is 5.11 Å². The summed E-state index contributed by atoms with van der Waals surface area (Å²) in [6.07, 6.45) is 1.64. The number of hydrogen-bond acceptors (Lipinski definition) is 2. The largest absolute Gasteiger partial charge is 0.508 e. The Morgan fingerprint density at radius 3 is 2.72 bits per heavy atom. The first-order chi connectivity index (χ1) is 8.65. The monoisotopic (exact) mass is 258 g/mol. The number of furan rings is 1. The van der Waals surface area contributed by atoms with Crippen LogP contribution in [0.1, 0.15) is 5.56 Å². The highest BCUT2D eigenvalue weighted by molar-refractivity contribution is 6.31. The quantitative estimate of drug-likeness (QED) is 0.682. The van der Waals surface area contributed by atoms with Gasteiger partial charge in [-0.2, -0.15) is 0 Å². The number of aryl methyl sites for hydroxylation is 1. The van der Waals surface area contributed by atoms with Crippen LogP contribution in [0.25, 0.3) is 22.1 Å². The van der Waals surface area contributed by atoms with Crippen molar-refractivity contribution in [3.63, 3.8) is 0 Å². The average molecular weight is 259 g/mol. The van der Waals surface area contributed by atoms with Crippen LogP contribution in [0.5, 0.6) is 5.75 Å². The molecule has 3 heteroatoms. The highest BCUT2D eigenvalue weighted by atomic mass is 35.5. The molecule has 0 bridgehead atoms. The fourth-order valence-corrected chi connectivity index (χ4v) is 2.26. The van der Waals surface area contributed by atoms with Crippen LogP contribution in [0.3, 0.4) is 0 Å². The zero-order valence-corrected chi connectivity index (χ0v) is 10.5. The maximum absolute atomic E-state index is 9.79. The molecule has 2 aromatic carbocycles. The standard InChI is InChI=1S/C15H11ClO2/c1-9-2-3-10(7-14(9)17)13-8-12(16)6-11-4-5-18-15(11)13/h2-8,17H,1H3. The van der Waals surface area contributed by atoms with Crippen molar-refractivity contribution < 1.29 is 9.52 Å². The third-order valence-electron chi connectivity index (χ3n) is 3.04. The lowest BCUT2D eigenvalue weighted by Gasteiger charge is -2.06. The Hall–Kier alpha value is -1.93. The zero-order chi connectivity index (χ0) is 12.7. The number of fused-ring (bicyclic) bond motifs is 1. The van der Waals surface area contributed by atoms with Crippen LogP contribution >= 0.6 is 11.6 Å². The Balaban J connectivity index is 2.30. The lowest BCUT2D eigenvalue weighted by molar-refractivity contribution is 0.471. The number of phenols is 1. The molecule has 0 unspecified atom stereocenters. The summed E-state index contributed by atoms with van der Waals surface area (Å²) in [4.78, 5) is 0. The van der Waals surface area contributed by atoms with Gasteiger partial charge in [0.15, 0.2) is 0 Å². The normalized spacial score (nSPS) is 11.0. The molecule has 2 nitrogen and oxygen atoms in total. The average Bonchev–Trinajstić information content (AvgIpc) is 2.79. The van der Waals surface area contributed by atoms with E-state index < -0.39 is 0 Å². The molecule has 0 saturated heterocycles. The minimum Gasteiger partial charge on any atom is -0.508 e. The molecule has 0 radical (unpaired) electrons. The van der Waals surface area contributed by atoms with Gasteiger partial charge in [-0.15, -0.1) is 0 Å². The van der Waals surface area contributed by atoms with Crippen molar-refractivity contribution in [3.8, 4) is 16.9 Å². The fourth-order valence-electron chi connectivity index (χ4n) is 2.04. The number of phenolic OH excluding ortho intramolecular Hbond substituents is 1. The lowest BCUT2D eigenvalue weighted by Crippen LogP contribution is -1.81. The van der Waals surface area contributed by atoms with Gasteiger partial charge in [-0.25, -0.2) is 0 Å². The van der Waals surface area contributed by atoms with E-state index in [4.69, 9.17) is 16.0 Å². The Bertz CT molecular complexity index is 728. The summed E-state index contributed by atoms with van der Waals surface area (Å²) in [6.45, 7) is 1.86. The first-order valence-corrected chi connectivity index (χ1v) is 6.00.